The van der Waals surface area contributed by atoms with Crippen LogP contribution in [0.5, 0.6) is 0 Å². The molecule has 0 bridgehead atoms. The Labute approximate surface area is 125 Å². The number of aryl methyl sites for hydroxylation is 1. The zero-order chi connectivity index (χ0) is 13.8. The SMILES string of the molecule is C1=CC[C@H]2[C@H](C1)CN1CCCc3c([nH]c4ccccc34)[C@H]21. The molecule has 1 aromatic heterocycles. The molecule has 3 aliphatic rings. The van der Waals surface area contributed by atoms with E-state index in [0.717, 1.165) is 11.8 Å². The number of aromatic nitrogens is 1. The summed E-state index contributed by atoms with van der Waals surface area (Å²) >= 11 is 0. The van der Waals surface area contributed by atoms with Crippen LogP contribution in [0.3, 0.4) is 0 Å². The molecule has 0 saturated carbocycles. The lowest BCUT2D eigenvalue weighted by Gasteiger charge is -2.27. The zero-order valence-corrected chi connectivity index (χ0v) is 12.4. The molecule has 0 spiro atoms. The Kier molecular flexibility index (Phi) is 2.57. The monoisotopic (exact) mass is 278 g/mol. The first kappa shape index (κ1) is 12.0. The van der Waals surface area contributed by atoms with E-state index >= 15 is 0 Å². The molecule has 1 fully saturated rings. The maximum absolute atomic E-state index is 3.79. The van der Waals surface area contributed by atoms with Crippen LogP contribution < -0.4 is 0 Å². The predicted octanol–water partition coefficient (Wildman–Crippen LogP) is 4.05. The minimum atomic E-state index is 0.629. The minimum Gasteiger partial charge on any atom is -0.357 e. The van der Waals surface area contributed by atoms with Gasteiger partial charge in [-0.15, -0.1) is 0 Å². The Hall–Kier alpha value is -1.54. The second-order valence-electron chi connectivity index (χ2n) is 6.97. The van der Waals surface area contributed by atoms with Gasteiger partial charge < -0.3 is 4.98 Å². The number of H-pyrrole nitrogens is 1. The number of hydrogen-bond acceptors (Lipinski definition) is 1. The molecule has 3 atom stereocenters. The summed E-state index contributed by atoms with van der Waals surface area (Å²) in [6.07, 6.45) is 9.91. The normalized spacial score (nSPS) is 31.7. The van der Waals surface area contributed by atoms with E-state index in [4.69, 9.17) is 0 Å². The molecule has 1 saturated heterocycles. The van der Waals surface area contributed by atoms with Crippen LogP contribution in [0.4, 0.5) is 0 Å². The third kappa shape index (κ3) is 1.69. The van der Waals surface area contributed by atoms with E-state index in [1.807, 2.05) is 0 Å². The lowest BCUT2D eigenvalue weighted by Crippen LogP contribution is -2.25. The van der Waals surface area contributed by atoms with Crippen molar-refractivity contribution in [1.29, 1.82) is 0 Å². The van der Waals surface area contributed by atoms with Gasteiger partial charge in [0.2, 0.25) is 0 Å². The third-order valence-corrected chi connectivity index (χ3v) is 5.90. The van der Waals surface area contributed by atoms with Crippen LogP contribution in [0.1, 0.15) is 36.6 Å². The Morgan fingerprint density at radius 1 is 1.10 bits per heavy atom. The van der Waals surface area contributed by atoms with Gasteiger partial charge in [0.1, 0.15) is 0 Å². The molecule has 3 heterocycles. The van der Waals surface area contributed by atoms with E-state index in [-0.39, 0.29) is 0 Å². The molecule has 0 unspecified atom stereocenters. The quantitative estimate of drug-likeness (QED) is 0.720. The first-order chi connectivity index (χ1) is 10.4. The standard InChI is InChI=1S/C19H22N2/c1-2-7-14-13(6-1)12-21-11-5-9-16-15-8-3-4-10-17(15)20-18(16)19(14)21/h1-4,8,10,13-14,19-20H,5-7,9,11-12H2/t13-,14+,19+/m1/s1. The van der Waals surface area contributed by atoms with Gasteiger partial charge in [-0.1, -0.05) is 30.4 Å². The maximum Gasteiger partial charge on any atom is 0.0536 e. The van der Waals surface area contributed by atoms with Crippen molar-refractivity contribution in [3.05, 3.63) is 47.7 Å². The highest BCUT2D eigenvalue weighted by atomic mass is 15.2. The van der Waals surface area contributed by atoms with Crippen molar-refractivity contribution in [2.75, 3.05) is 13.1 Å². The Balaban J connectivity index is 1.69. The fourth-order valence-electron chi connectivity index (χ4n) is 5.00. The minimum absolute atomic E-state index is 0.629. The molecule has 2 aliphatic heterocycles. The van der Waals surface area contributed by atoms with Gasteiger partial charge in [0.25, 0.3) is 0 Å². The predicted molar refractivity (Wildman–Crippen MR) is 86.3 cm³/mol. The summed E-state index contributed by atoms with van der Waals surface area (Å²) in [5.41, 5.74) is 4.48. The van der Waals surface area contributed by atoms with Crippen molar-refractivity contribution < 1.29 is 0 Å². The Bertz CT molecular complexity index is 711. The number of benzene rings is 1. The number of nitrogens with zero attached hydrogens (tertiary/aromatic N) is 1. The van der Waals surface area contributed by atoms with Crippen molar-refractivity contribution >= 4 is 10.9 Å². The summed E-state index contributed by atoms with van der Waals surface area (Å²) in [6.45, 7) is 2.57. The molecular weight excluding hydrogens is 256 g/mol. The van der Waals surface area contributed by atoms with Gasteiger partial charge in [-0.2, -0.15) is 0 Å². The average molecular weight is 278 g/mol. The number of rotatable bonds is 0. The van der Waals surface area contributed by atoms with Crippen molar-refractivity contribution in [3.8, 4) is 0 Å². The summed E-state index contributed by atoms with van der Waals surface area (Å²) in [6, 6.07) is 9.50. The number of aromatic amines is 1. The molecule has 0 radical (unpaired) electrons. The zero-order valence-electron chi connectivity index (χ0n) is 12.4. The molecule has 2 heteroatoms. The van der Waals surface area contributed by atoms with Crippen molar-refractivity contribution in [3.63, 3.8) is 0 Å². The van der Waals surface area contributed by atoms with Gasteiger partial charge in [-0.05, 0) is 55.7 Å². The highest BCUT2D eigenvalue weighted by Gasteiger charge is 2.44. The highest BCUT2D eigenvalue weighted by molar-refractivity contribution is 5.85. The fourth-order valence-corrected chi connectivity index (χ4v) is 5.00. The summed E-state index contributed by atoms with van der Waals surface area (Å²) < 4.78 is 0. The summed E-state index contributed by atoms with van der Waals surface area (Å²) in [5.74, 6) is 1.69. The van der Waals surface area contributed by atoms with Crippen LogP contribution in [0.15, 0.2) is 36.4 Å². The van der Waals surface area contributed by atoms with Gasteiger partial charge in [-0.3, -0.25) is 4.90 Å². The summed E-state index contributed by atoms with van der Waals surface area (Å²) in [4.78, 5) is 6.56. The third-order valence-electron chi connectivity index (χ3n) is 5.90. The van der Waals surface area contributed by atoms with E-state index in [9.17, 15) is 0 Å². The molecule has 21 heavy (non-hydrogen) atoms. The van der Waals surface area contributed by atoms with Gasteiger partial charge >= 0.3 is 0 Å². The molecule has 5 rings (SSSR count). The van der Waals surface area contributed by atoms with E-state index < -0.39 is 0 Å². The molecule has 0 amide bonds. The largest absolute Gasteiger partial charge is 0.357 e. The first-order valence-electron chi connectivity index (χ1n) is 8.40. The van der Waals surface area contributed by atoms with E-state index in [2.05, 4.69) is 46.3 Å². The number of hydrogen-bond donors (Lipinski definition) is 1. The number of fused-ring (bicyclic) bond motifs is 7. The van der Waals surface area contributed by atoms with E-state index in [1.54, 1.807) is 5.56 Å². The molecule has 2 aromatic rings. The van der Waals surface area contributed by atoms with Crippen LogP contribution in [0.2, 0.25) is 0 Å². The van der Waals surface area contributed by atoms with Crippen LogP contribution in [0, 0.1) is 11.8 Å². The van der Waals surface area contributed by atoms with Crippen LogP contribution >= 0.6 is 0 Å². The Morgan fingerprint density at radius 2 is 2.00 bits per heavy atom. The second-order valence-corrected chi connectivity index (χ2v) is 6.97. The smallest absolute Gasteiger partial charge is 0.0536 e. The van der Waals surface area contributed by atoms with Crippen LogP contribution in [0.25, 0.3) is 10.9 Å². The van der Waals surface area contributed by atoms with Gasteiger partial charge in [0.05, 0.1) is 6.04 Å². The van der Waals surface area contributed by atoms with Crippen LogP contribution in [-0.2, 0) is 6.42 Å². The first-order valence-corrected chi connectivity index (χ1v) is 8.40. The molecule has 1 aliphatic carbocycles. The topological polar surface area (TPSA) is 19.0 Å². The average Bonchev–Trinajstić information content (AvgIpc) is 3.00. The lowest BCUT2D eigenvalue weighted by molar-refractivity contribution is 0.229. The van der Waals surface area contributed by atoms with Crippen molar-refractivity contribution in [1.82, 2.24) is 9.88 Å². The maximum atomic E-state index is 3.79. The van der Waals surface area contributed by atoms with Gasteiger partial charge in [-0.25, -0.2) is 0 Å². The fraction of sp³-hybridized carbons (Fsp3) is 0.474. The lowest BCUT2D eigenvalue weighted by atomic mass is 9.80. The molecule has 1 N–H and O–H groups in total. The number of para-hydroxylation sites is 1. The molecular formula is C19H22N2. The van der Waals surface area contributed by atoms with Gasteiger partial charge in [0, 0.05) is 23.1 Å². The highest BCUT2D eigenvalue weighted by Crippen LogP contribution is 2.48. The molecule has 108 valence electrons. The molecule has 2 nitrogen and oxygen atoms in total. The molecule has 1 aromatic carbocycles. The Morgan fingerprint density at radius 3 is 3.00 bits per heavy atom. The van der Waals surface area contributed by atoms with Crippen LogP contribution in [-0.4, -0.2) is 23.0 Å². The number of allylic oxidation sites excluding steroid dienone is 2. The van der Waals surface area contributed by atoms with Crippen molar-refractivity contribution in [2.24, 2.45) is 11.8 Å². The van der Waals surface area contributed by atoms with Crippen molar-refractivity contribution in [2.45, 2.75) is 31.7 Å². The van der Waals surface area contributed by atoms with Gasteiger partial charge in [0.15, 0.2) is 0 Å². The summed E-state index contributed by atoms with van der Waals surface area (Å²) in [5, 5.41) is 1.46. The van der Waals surface area contributed by atoms with E-state index in [0.29, 0.717) is 6.04 Å². The van der Waals surface area contributed by atoms with E-state index in [1.165, 1.54) is 55.4 Å². The second kappa shape index (κ2) is 4.48. The summed E-state index contributed by atoms with van der Waals surface area (Å²) in [7, 11) is 0. The number of nitrogens with one attached hydrogen (secondary N) is 1.